The number of nitrogens with one attached hydrogen (secondary N) is 1. The molecule has 2 amide bonds. The number of ether oxygens (including phenoxy) is 1. The molecule has 1 aliphatic heterocycles. The highest BCUT2D eigenvalue weighted by molar-refractivity contribution is 5.95. The first-order valence-corrected chi connectivity index (χ1v) is 9.76. The Balaban J connectivity index is 1.69. The highest BCUT2D eigenvalue weighted by atomic mass is 16.6. The largest absolute Gasteiger partial charge is 0.444 e. The van der Waals surface area contributed by atoms with E-state index >= 15 is 0 Å². The third-order valence-electron chi connectivity index (χ3n) is 5.66. The van der Waals surface area contributed by atoms with Crippen LogP contribution in [0.4, 0.5) is 16.4 Å². The van der Waals surface area contributed by atoms with Crippen molar-refractivity contribution < 1.29 is 14.3 Å². The summed E-state index contributed by atoms with van der Waals surface area (Å²) in [5, 5.41) is 3.09. The fourth-order valence-electron chi connectivity index (χ4n) is 4.36. The summed E-state index contributed by atoms with van der Waals surface area (Å²) < 4.78 is 5.44. The predicted octanol–water partition coefficient (Wildman–Crippen LogP) is 1.82. The number of primary amides is 1. The van der Waals surface area contributed by atoms with Crippen molar-refractivity contribution in [2.75, 3.05) is 23.7 Å². The van der Waals surface area contributed by atoms with Gasteiger partial charge in [-0.2, -0.15) is 0 Å². The molecule has 1 atom stereocenters. The Kier molecular flexibility index (Phi) is 5.36. The number of hydrogen-bond donors (Lipinski definition) is 3. The Morgan fingerprint density at radius 2 is 1.96 bits per heavy atom. The van der Waals surface area contributed by atoms with E-state index < -0.39 is 11.5 Å². The van der Waals surface area contributed by atoms with Gasteiger partial charge in [0.05, 0.1) is 6.20 Å². The SMILES string of the molecule is CC(C)(C)OC(=O)N[C@@H]1CCCC12CCN(c1nc(N)cnc1C(N)=O)CC2. The molecule has 0 bridgehead atoms. The fraction of sp³-hybridized carbons (Fsp3) is 0.684. The lowest BCUT2D eigenvalue weighted by Crippen LogP contribution is -2.51. The predicted molar refractivity (Wildman–Crippen MR) is 106 cm³/mol. The standard InChI is InChI=1S/C19H30N6O3/c1-18(2,3)28-17(27)23-12-5-4-6-19(12)7-9-25(10-8-19)16-14(15(21)26)22-11-13(20)24-16/h11-12H,4-10H2,1-3H3,(H2,20,24)(H2,21,26)(H,23,27)/t12-/m1/s1. The van der Waals surface area contributed by atoms with Gasteiger partial charge in [-0.15, -0.1) is 0 Å². The molecule has 3 rings (SSSR count). The summed E-state index contributed by atoms with van der Waals surface area (Å²) >= 11 is 0. The molecule has 2 fully saturated rings. The van der Waals surface area contributed by atoms with E-state index in [9.17, 15) is 9.59 Å². The lowest BCUT2D eigenvalue weighted by molar-refractivity contribution is 0.0442. The molecule has 1 aromatic rings. The molecule has 2 aliphatic rings. The zero-order chi connectivity index (χ0) is 20.5. The number of nitrogens with two attached hydrogens (primary N) is 2. The van der Waals surface area contributed by atoms with Gasteiger partial charge in [-0.3, -0.25) is 4.79 Å². The highest BCUT2D eigenvalue weighted by Crippen LogP contribution is 2.47. The van der Waals surface area contributed by atoms with E-state index in [1.54, 1.807) is 0 Å². The minimum absolute atomic E-state index is 0.0358. The molecule has 1 saturated carbocycles. The zero-order valence-corrected chi connectivity index (χ0v) is 16.8. The second-order valence-electron chi connectivity index (χ2n) is 8.77. The van der Waals surface area contributed by atoms with Gasteiger partial charge in [0, 0.05) is 19.1 Å². The van der Waals surface area contributed by atoms with Crippen LogP contribution in [0.15, 0.2) is 6.20 Å². The van der Waals surface area contributed by atoms with Crippen molar-refractivity contribution in [3.63, 3.8) is 0 Å². The molecule has 0 unspecified atom stereocenters. The molecule has 9 nitrogen and oxygen atoms in total. The second-order valence-corrected chi connectivity index (χ2v) is 8.77. The van der Waals surface area contributed by atoms with Crippen LogP contribution in [0, 0.1) is 5.41 Å². The molecule has 0 aromatic carbocycles. The minimum Gasteiger partial charge on any atom is -0.444 e. The van der Waals surface area contributed by atoms with Crippen molar-refractivity contribution in [1.82, 2.24) is 15.3 Å². The van der Waals surface area contributed by atoms with Crippen molar-refractivity contribution in [1.29, 1.82) is 0 Å². The molecular weight excluding hydrogens is 360 g/mol. The maximum absolute atomic E-state index is 12.3. The van der Waals surface area contributed by atoms with Crippen LogP contribution >= 0.6 is 0 Å². The van der Waals surface area contributed by atoms with E-state index in [1.165, 1.54) is 6.20 Å². The highest BCUT2D eigenvalue weighted by Gasteiger charge is 2.46. The van der Waals surface area contributed by atoms with Gasteiger partial charge in [-0.1, -0.05) is 6.42 Å². The Morgan fingerprint density at radius 3 is 2.57 bits per heavy atom. The maximum Gasteiger partial charge on any atom is 0.407 e. The van der Waals surface area contributed by atoms with Crippen LogP contribution in [0.2, 0.25) is 0 Å². The average molecular weight is 390 g/mol. The number of anilines is 2. The Bertz CT molecular complexity index is 753. The second kappa shape index (κ2) is 7.44. The smallest absolute Gasteiger partial charge is 0.407 e. The number of nitrogen functional groups attached to an aromatic ring is 1. The van der Waals surface area contributed by atoms with Gasteiger partial charge in [0.2, 0.25) is 0 Å². The third-order valence-corrected chi connectivity index (χ3v) is 5.66. The zero-order valence-electron chi connectivity index (χ0n) is 16.8. The lowest BCUT2D eigenvalue weighted by atomic mass is 9.74. The van der Waals surface area contributed by atoms with E-state index in [1.807, 2.05) is 25.7 Å². The summed E-state index contributed by atoms with van der Waals surface area (Å²) in [6.07, 6.45) is 5.82. The van der Waals surface area contributed by atoms with Crippen molar-refractivity contribution in [3.8, 4) is 0 Å². The van der Waals surface area contributed by atoms with Gasteiger partial charge in [0.25, 0.3) is 5.91 Å². The van der Waals surface area contributed by atoms with E-state index in [4.69, 9.17) is 16.2 Å². The Labute approximate surface area is 165 Å². The summed E-state index contributed by atoms with van der Waals surface area (Å²) in [5.41, 5.74) is 10.9. The number of carbonyl (C=O) groups excluding carboxylic acids is 2. The maximum atomic E-state index is 12.3. The van der Waals surface area contributed by atoms with Crippen molar-refractivity contribution >= 4 is 23.6 Å². The summed E-state index contributed by atoms with van der Waals surface area (Å²) in [4.78, 5) is 34.3. The normalized spacial score (nSPS) is 21.5. The van der Waals surface area contributed by atoms with Crippen molar-refractivity contribution in [2.45, 2.75) is 64.5 Å². The number of carbonyl (C=O) groups is 2. The van der Waals surface area contributed by atoms with Crippen molar-refractivity contribution in [3.05, 3.63) is 11.9 Å². The molecule has 1 saturated heterocycles. The van der Waals surface area contributed by atoms with E-state index in [0.29, 0.717) is 18.9 Å². The Hall–Kier alpha value is -2.58. The van der Waals surface area contributed by atoms with Gasteiger partial charge >= 0.3 is 6.09 Å². The molecule has 1 aliphatic carbocycles. The summed E-state index contributed by atoms with van der Waals surface area (Å²) in [6, 6.07) is 0.0898. The van der Waals surface area contributed by atoms with E-state index in [-0.39, 0.29) is 29.1 Å². The molecule has 5 N–H and O–H groups in total. The number of amides is 2. The molecule has 1 aromatic heterocycles. The van der Waals surface area contributed by atoms with Crippen LogP contribution < -0.4 is 21.7 Å². The average Bonchev–Trinajstić information content (AvgIpc) is 2.95. The van der Waals surface area contributed by atoms with Crippen molar-refractivity contribution in [2.24, 2.45) is 11.1 Å². The fourth-order valence-corrected chi connectivity index (χ4v) is 4.36. The molecule has 9 heteroatoms. The number of piperidine rings is 1. The van der Waals surface area contributed by atoms with Crippen LogP contribution in [0.1, 0.15) is 63.4 Å². The first kappa shape index (κ1) is 20.2. The number of hydrogen-bond acceptors (Lipinski definition) is 7. The topological polar surface area (TPSA) is 136 Å². The minimum atomic E-state index is -0.617. The number of rotatable bonds is 3. The monoisotopic (exact) mass is 390 g/mol. The molecule has 0 radical (unpaired) electrons. The van der Waals surface area contributed by atoms with Gasteiger partial charge in [0.15, 0.2) is 11.5 Å². The third kappa shape index (κ3) is 4.28. The van der Waals surface area contributed by atoms with Crippen LogP contribution in [-0.2, 0) is 4.74 Å². The summed E-state index contributed by atoms with van der Waals surface area (Å²) in [5.74, 6) is 0.0794. The summed E-state index contributed by atoms with van der Waals surface area (Å²) in [7, 11) is 0. The molecule has 1 spiro atoms. The van der Waals surface area contributed by atoms with Gasteiger partial charge in [-0.25, -0.2) is 14.8 Å². The summed E-state index contributed by atoms with van der Waals surface area (Å²) in [6.45, 7) is 6.98. The molecular formula is C19H30N6O3. The molecule has 154 valence electrons. The molecule has 28 heavy (non-hydrogen) atoms. The van der Waals surface area contributed by atoms with E-state index in [0.717, 1.165) is 32.1 Å². The van der Waals surface area contributed by atoms with Crippen LogP contribution in [-0.4, -0.2) is 46.7 Å². The lowest BCUT2D eigenvalue weighted by Gasteiger charge is -2.43. The van der Waals surface area contributed by atoms with Crippen LogP contribution in [0.25, 0.3) is 0 Å². The van der Waals surface area contributed by atoms with Crippen LogP contribution in [0.5, 0.6) is 0 Å². The number of aromatic nitrogens is 2. The number of nitrogens with zero attached hydrogens (tertiary/aromatic N) is 3. The first-order valence-electron chi connectivity index (χ1n) is 9.76. The quantitative estimate of drug-likeness (QED) is 0.716. The number of alkyl carbamates (subject to hydrolysis) is 1. The van der Waals surface area contributed by atoms with E-state index in [2.05, 4.69) is 15.3 Å². The molecule has 2 heterocycles. The first-order chi connectivity index (χ1) is 13.1. The Morgan fingerprint density at radius 1 is 1.29 bits per heavy atom. The van der Waals surface area contributed by atoms with Gasteiger partial charge in [0.1, 0.15) is 11.4 Å². The van der Waals surface area contributed by atoms with Crippen LogP contribution in [0.3, 0.4) is 0 Å². The van der Waals surface area contributed by atoms with Gasteiger partial charge < -0.3 is 26.4 Å². The van der Waals surface area contributed by atoms with Gasteiger partial charge in [-0.05, 0) is 51.9 Å².